The molecule has 4 atom stereocenters. The molecule has 0 spiro atoms. The maximum atomic E-state index is 2.54. The quantitative estimate of drug-likeness (QED) is 0.480. The molecule has 0 nitrogen and oxygen atoms in total. The third-order valence-electron chi connectivity index (χ3n) is 4.77. The minimum Gasteiger partial charge on any atom is -0.0591 e. The van der Waals surface area contributed by atoms with Gasteiger partial charge in [-0.15, -0.1) is 0 Å². The van der Waals surface area contributed by atoms with Crippen molar-refractivity contribution in [2.45, 2.75) is 39.0 Å². The van der Waals surface area contributed by atoms with Crippen LogP contribution >= 0.6 is 0 Å². The summed E-state index contributed by atoms with van der Waals surface area (Å²) in [5.41, 5.74) is 0.862. The molecular formula is C10H16. The van der Waals surface area contributed by atoms with E-state index in [1.54, 1.807) is 32.1 Å². The number of fused-ring (bicyclic) bond motifs is 4. The Morgan fingerprint density at radius 2 is 1.90 bits per heavy atom. The molecule has 0 aromatic rings. The Balaban J connectivity index is 1.91. The lowest BCUT2D eigenvalue weighted by Gasteiger charge is -2.66. The lowest BCUT2D eigenvalue weighted by molar-refractivity contribution is -0.172. The molecule has 0 aromatic carbocycles. The van der Waals surface area contributed by atoms with Gasteiger partial charge in [-0.2, -0.15) is 0 Å². The molecule has 4 unspecified atom stereocenters. The lowest BCUT2D eigenvalue weighted by atomic mass is 9.39. The minimum absolute atomic E-state index is 0.862. The highest BCUT2D eigenvalue weighted by Gasteiger charge is 2.64. The van der Waals surface area contributed by atoms with E-state index in [9.17, 15) is 0 Å². The van der Waals surface area contributed by atoms with Crippen molar-refractivity contribution >= 4 is 0 Å². The van der Waals surface area contributed by atoms with Gasteiger partial charge < -0.3 is 0 Å². The van der Waals surface area contributed by atoms with Gasteiger partial charge in [0.2, 0.25) is 0 Å². The average Bonchev–Trinajstić information content (AvgIpc) is 2.32. The molecule has 0 radical (unpaired) electrons. The summed E-state index contributed by atoms with van der Waals surface area (Å²) in [6, 6.07) is 0. The van der Waals surface area contributed by atoms with Crippen LogP contribution in [0.3, 0.4) is 0 Å². The first-order valence-corrected chi connectivity index (χ1v) is 4.82. The van der Waals surface area contributed by atoms with Crippen molar-refractivity contribution in [2.75, 3.05) is 0 Å². The fraction of sp³-hybridized carbons (Fsp3) is 1.00. The Hall–Kier alpha value is 0. The maximum absolute atomic E-state index is 2.54. The second-order valence-electron chi connectivity index (χ2n) is 4.85. The van der Waals surface area contributed by atoms with Crippen LogP contribution in [0.1, 0.15) is 39.0 Å². The van der Waals surface area contributed by atoms with Crippen molar-refractivity contribution < 1.29 is 0 Å². The van der Waals surface area contributed by atoms with Crippen molar-refractivity contribution in [3.63, 3.8) is 0 Å². The Morgan fingerprint density at radius 3 is 2.50 bits per heavy atom. The molecule has 0 saturated heterocycles. The summed E-state index contributed by atoms with van der Waals surface area (Å²) in [5, 5.41) is 0. The van der Waals surface area contributed by atoms with E-state index in [1.807, 2.05) is 0 Å². The van der Waals surface area contributed by atoms with Crippen LogP contribution in [0.2, 0.25) is 0 Å². The first-order chi connectivity index (χ1) is 4.82. The smallest absolute Gasteiger partial charge is 0.0264 e. The van der Waals surface area contributed by atoms with Crippen molar-refractivity contribution in [1.29, 1.82) is 0 Å². The van der Waals surface area contributed by atoms with Gasteiger partial charge in [-0.3, -0.25) is 0 Å². The van der Waals surface area contributed by atoms with Crippen LogP contribution in [0.4, 0.5) is 0 Å². The van der Waals surface area contributed by atoms with Crippen LogP contribution in [0, 0.1) is 23.2 Å². The van der Waals surface area contributed by atoms with Gasteiger partial charge >= 0.3 is 0 Å². The first-order valence-electron chi connectivity index (χ1n) is 4.82. The topological polar surface area (TPSA) is 0 Å². The summed E-state index contributed by atoms with van der Waals surface area (Å²) in [5.74, 6) is 3.55. The molecular weight excluding hydrogens is 120 g/mol. The molecule has 3 fully saturated rings. The normalized spacial score (nSPS) is 63.9. The molecule has 0 N–H and O–H groups in total. The Bertz CT molecular complexity index is 173. The van der Waals surface area contributed by atoms with E-state index in [0.29, 0.717) is 0 Å². The van der Waals surface area contributed by atoms with Gasteiger partial charge in [-0.1, -0.05) is 13.3 Å². The predicted molar refractivity (Wildman–Crippen MR) is 41.7 cm³/mol. The highest BCUT2D eigenvalue weighted by Crippen LogP contribution is 2.72. The van der Waals surface area contributed by atoms with Crippen LogP contribution in [-0.4, -0.2) is 0 Å². The molecule has 56 valence electrons. The minimum atomic E-state index is 0.862. The lowest BCUT2D eigenvalue weighted by Crippen LogP contribution is -2.59. The molecule has 3 aliphatic carbocycles. The van der Waals surface area contributed by atoms with Crippen LogP contribution in [0.15, 0.2) is 0 Å². The SMILES string of the molecule is CC12CCC1C1CCCC12. The van der Waals surface area contributed by atoms with Crippen molar-refractivity contribution in [2.24, 2.45) is 23.2 Å². The summed E-state index contributed by atoms with van der Waals surface area (Å²) in [7, 11) is 0. The maximum Gasteiger partial charge on any atom is -0.0264 e. The van der Waals surface area contributed by atoms with Gasteiger partial charge in [0.1, 0.15) is 0 Å². The van der Waals surface area contributed by atoms with Crippen LogP contribution in [0.25, 0.3) is 0 Å². The third kappa shape index (κ3) is 0.383. The van der Waals surface area contributed by atoms with E-state index >= 15 is 0 Å². The standard InChI is InChI=1S/C10H16/c1-10-6-5-9(10)7-3-2-4-8(7)10/h7-9H,2-6H2,1H3. The monoisotopic (exact) mass is 136 g/mol. The van der Waals surface area contributed by atoms with E-state index < -0.39 is 0 Å². The fourth-order valence-corrected chi connectivity index (χ4v) is 4.10. The van der Waals surface area contributed by atoms with E-state index in [2.05, 4.69) is 6.92 Å². The number of hydrogen-bond acceptors (Lipinski definition) is 0. The Kier molecular flexibility index (Phi) is 0.810. The second-order valence-corrected chi connectivity index (χ2v) is 4.85. The Labute approximate surface area is 63.0 Å². The van der Waals surface area contributed by atoms with Gasteiger partial charge in [-0.05, 0) is 48.9 Å². The second kappa shape index (κ2) is 1.44. The molecule has 3 saturated carbocycles. The first kappa shape index (κ1) is 5.62. The summed E-state index contributed by atoms with van der Waals surface area (Å²) in [4.78, 5) is 0. The third-order valence-corrected chi connectivity index (χ3v) is 4.77. The molecule has 10 heavy (non-hydrogen) atoms. The van der Waals surface area contributed by atoms with Crippen LogP contribution in [0.5, 0.6) is 0 Å². The highest BCUT2D eigenvalue weighted by molar-refractivity contribution is 5.13. The van der Waals surface area contributed by atoms with Crippen LogP contribution in [-0.2, 0) is 0 Å². The zero-order valence-electron chi connectivity index (χ0n) is 6.77. The van der Waals surface area contributed by atoms with E-state index in [1.165, 1.54) is 17.8 Å². The summed E-state index contributed by atoms with van der Waals surface area (Å²) >= 11 is 0. The molecule has 0 heterocycles. The van der Waals surface area contributed by atoms with Crippen molar-refractivity contribution in [1.82, 2.24) is 0 Å². The van der Waals surface area contributed by atoms with Gasteiger partial charge in [0.15, 0.2) is 0 Å². The number of hydrogen-bond donors (Lipinski definition) is 0. The van der Waals surface area contributed by atoms with Gasteiger partial charge in [-0.25, -0.2) is 0 Å². The van der Waals surface area contributed by atoms with Crippen molar-refractivity contribution in [3.8, 4) is 0 Å². The van der Waals surface area contributed by atoms with Gasteiger partial charge in [0, 0.05) is 0 Å². The Morgan fingerprint density at radius 1 is 1.10 bits per heavy atom. The highest BCUT2D eigenvalue weighted by atomic mass is 14.7. The van der Waals surface area contributed by atoms with Gasteiger partial charge in [0.05, 0.1) is 0 Å². The molecule has 0 heteroatoms. The zero-order chi connectivity index (χ0) is 6.77. The van der Waals surface area contributed by atoms with E-state index in [-0.39, 0.29) is 0 Å². The molecule has 0 aromatic heterocycles. The number of rotatable bonds is 0. The van der Waals surface area contributed by atoms with E-state index in [4.69, 9.17) is 0 Å². The molecule has 0 amide bonds. The van der Waals surface area contributed by atoms with Gasteiger partial charge in [0.25, 0.3) is 0 Å². The molecule has 3 aliphatic rings. The average molecular weight is 136 g/mol. The molecule has 0 bridgehead atoms. The summed E-state index contributed by atoms with van der Waals surface area (Å²) < 4.78 is 0. The zero-order valence-corrected chi connectivity index (χ0v) is 6.77. The van der Waals surface area contributed by atoms with Crippen LogP contribution < -0.4 is 0 Å². The predicted octanol–water partition coefficient (Wildman–Crippen LogP) is 2.83. The summed E-state index contributed by atoms with van der Waals surface area (Å²) in [6.07, 6.45) is 7.81. The fourth-order valence-electron chi connectivity index (χ4n) is 4.10. The molecule has 3 rings (SSSR count). The summed E-state index contributed by atoms with van der Waals surface area (Å²) in [6.45, 7) is 2.54. The molecule has 0 aliphatic heterocycles. The van der Waals surface area contributed by atoms with Crippen molar-refractivity contribution in [3.05, 3.63) is 0 Å². The van der Waals surface area contributed by atoms with E-state index in [0.717, 1.165) is 5.41 Å². The largest absolute Gasteiger partial charge is 0.0591 e.